The molecule has 0 radical (unpaired) electrons. The molecular weight excluding hydrogens is 406 g/mol. The molecule has 32 heavy (non-hydrogen) atoms. The molecule has 0 atom stereocenters. The van der Waals surface area contributed by atoms with Gasteiger partial charge in [-0.25, -0.2) is 4.79 Å². The average molecular weight is 438 g/mol. The number of methoxy groups -OCH3 is 3. The molecule has 0 aliphatic carbocycles. The molecular formula is C25H31N3O4. The Kier molecular flexibility index (Phi) is 8.16. The quantitative estimate of drug-likeness (QED) is 0.506. The molecule has 7 nitrogen and oxygen atoms in total. The second kappa shape index (κ2) is 11.2. The normalized spacial score (nSPS) is 10.6. The van der Waals surface area contributed by atoms with Crippen molar-refractivity contribution in [2.45, 2.75) is 20.0 Å². The molecule has 0 fully saturated rings. The fourth-order valence-corrected chi connectivity index (χ4v) is 3.37. The lowest BCUT2D eigenvalue weighted by molar-refractivity contribution is 0.152. The zero-order valence-corrected chi connectivity index (χ0v) is 19.1. The number of amides is 2. The van der Waals surface area contributed by atoms with Crippen LogP contribution in [-0.4, -0.2) is 50.0 Å². The van der Waals surface area contributed by atoms with Crippen molar-refractivity contribution >= 4 is 11.7 Å². The minimum Gasteiger partial charge on any atom is -0.497 e. The third-order valence-electron chi connectivity index (χ3n) is 5.21. The van der Waals surface area contributed by atoms with E-state index in [1.165, 1.54) is 11.1 Å². The van der Waals surface area contributed by atoms with E-state index >= 15 is 0 Å². The van der Waals surface area contributed by atoms with Crippen LogP contribution in [0.15, 0.2) is 60.8 Å². The van der Waals surface area contributed by atoms with Crippen molar-refractivity contribution in [3.05, 3.63) is 77.6 Å². The van der Waals surface area contributed by atoms with Crippen LogP contribution in [0, 0.1) is 6.92 Å². The maximum atomic E-state index is 13.1. The molecule has 0 bridgehead atoms. The Morgan fingerprint density at radius 3 is 2.31 bits per heavy atom. The van der Waals surface area contributed by atoms with E-state index in [9.17, 15) is 4.79 Å². The molecule has 3 aromatic rings. The van der Waals surface area contributed by atoms with E-state index in [0.29, 0.717) is 36.9 Å². The number of rotatable bonds is 10. The number of carbonyl (C=O) groups is 1. The van der Waals surface area contributed by atoms with E-state index in [4.69, 9.17) is 14.2 Å². The van der Waals surface area contributed by atoms with Gasteiger partial charge >= 0.3 is 6.03 Å². The van der Waals surface area contributed by atoms with Gasteiger partial charge in [0.2, 0.25) is 0 Å². The zero-order chi connectivity index (χ0) is 22.9. The van der Waals surface area contributed by atoms with Gasteiger partial charge in [0.1, 0.15) is 11.5 Å². The van der Waals surface area contributed by atoms with Crippen molar-refractivity contribution in [2.75, 3.05) is 39.8 Å². The van der Waals surface area contributed by atoms with Crippen LogP contribution in [0.5, 0.6) is 11.5 Å². The van der Waals surface area contributed by atoms with Gasteiger partial charge in [0.15, 0.2) is 0 Å². The van der Waals surface area contributed by atoms with E-state index in [1.54, 1.807) is 44.4 Å². The third kappa shape index (κ3) is 6.28. The Balaban J connectivity index is 1.75. The Morgan fingerprint density at radius 2 is 1.69 bits per heavy atom. The number of hydrogen-bond donors (Lipinski definition) is 1. The highest BCUT2D eigenvalue weighted by Gasteiger charge is 2.17. The van der Waals surface area contributed by atoms with Crippen molar-refractivity contribution in [3.8, 4) is 11.5 Å². The van der Waals surface area contributed by atoms with E-state index in [2.05, 4.69) is 41.1 Å². The number of nitrogens with one attached hydrogen (secondary N) is 1. The van der Waals surface area contributed by atoms with Gasteiger partial charge in [-0.15, -0.1) is 0 Å². The van der Waals surface area contributed by atoms with Crippen molar-refractivity contribution < 1.29 is 19.0 Å². The predicted octanol–water partition coefficient (Wildman–Crippen LogP) is 4.54. The number of nitrogens with zero attached hydrogens (tertiary/aromatic N) is 2. The molecule has 1 aromatic heterocycles. The second-order valence-corrected chi connectivity index (χ2v) is 7.56. The first kappa shape index (κ1) is 23.2. The van der Waals surface area contributed by atoms with E-state index < -0.39 is 0 Å². The summed E-state index contributed by atoms with van der Waals surface area (Å²) in [5.41, 5.74) is 4.09. The van der Waals surface area contributed by atoms with Gasteiger partial charge in [0.05, 0.1) is 27.4 Å². The molecule has 0 aliphatic rings. The molecule has 7 heteroatoms. The number of aromatic nitrogens is 1. The first-order valence-electron chi connectivity index (χ1n) is 10.5. The van der Waals surface area contributed by atoms with E-state index in [-0.39, 0.29) is 6.03 Å². The summed E-state index contributed by atoms with van der Waals surface area (Å²) in [6.45, 7) is 4.17. The number of hydrogen-bond acceptors (Lipinski definition) is 4. The van der Waals surface area contributed by atoms with Crippen LogP contribution in [0.1, 0.15) is 16.8 Å². The fourth-order valence-electron chi connectivity index (χ4n) is 3.37. The molecule has 3 rings (SSSR count). The Hall–Kier alpha value is -3.45. The Morgan fingerprint density at radius 1 is 1.00 bits per heavy atom. The van der Waals surface area contributed by atoms with Crippen LogP contribution in [0.4, 0.5) is 10.5 Å². The summed E-state index contributed by atoms with van der Waals surface area (Å²) in [5.74, 6) is 1.21. The van der Waals surface area contributed by atoms with E-state index in [0.717, 1.165) is 12.2 Å². The summed E-state index contributed by atoms with van der Waals surface area (Å²) in [6.07, 6.45) is 2.04. The number of aryl methyl sites for hydroxylation is 1. The maximum Gasteiger partial charge on any atom is 0.322 e. The highest BCUT2D eigenvalue weighted by atomic mass is 16.5. The Labute approximate surface area is 189 Å². The third-order valence-corrected chi connectivity index (χ3v) is 5.21. The highest BCUT2D eigenvalue weighted by molar-refractivity contribution is 5.89. The maximum absolute atomic E-state index is 13.1. The molecule has 1 heterocycles. The van der Waals surface area contributed by atoms with Gasteiger partial charge in [0.25, 0.3) is 0 Å². The van der Waals surface area contributed by atoms with Gasteiger partial charge in [-0.2, -0.15) is 0 Å². The van der Waals surface area contributed by atoms with Crippen LogP contribution >= 0.6 is 0 Å². The highest BCUT2D eigenvalue weighted by Crippen LogP contribution is 2.26. The van der Waals surface area contributed by atoms with Crippen LogP contribution in [0.25, 0.3) is 0 Å². The molecule has 0 saturated carbocycles. The van der Waals surface area contributed by atoms with Crippen LogP contribution in [-0.2, 0) is 17.8 Å². The number of benzene rings is 2. The molecule has 0 aliphatic heterocycles. The number of urea groups is 1. The molecule has 2 amide bonds. The standard InChI is InChI=1S/C25H31N3O4/c1-19-7-9-20(10-8-19)17-27-11-5-6-22(27)18-28(12-13-30-2)25(29)26-21-14-23(31-3)16-24(15-21)32-4/h5-11,14-16H,12-13,17-18H2,1-4H3,(H,26,29). The average Bonchev–Trinajstić information content (AvgIpc) is 3.24. The summed E-state index contributed by atoms with van der Waals surface area (Å²) in [7, 11) is 4.78. The molecule has 2 aromatic carbocycles. The monoisotopic (exact) mass is 437 g/mol. The minimum absolute atomic E-state index is 0.222. The minimum atomic E-state index is -0.222. The number of carbonyl (C=O) groups excluding carboxylic acids is 1. The summed E-state index contributed by atoms with van der Waals surface area (Å²) in [5, 5.41) is 2.95. The number of ether oxygens (including phenoxy) is 3. The zero-order valence-electron chi connectivity index (χ0n) is 19.1. The lowest BCUT2D eigenvalue weighted by Gasteiger charge is -2.24. The summed E-state index contributed by atoms with van der Waals surface area (Å²) in [4.78, 5) is 14.9. The SMILES string of the molecule is COCCN(Cc1cccn1Cc1ccc(C)cc1)C(=O)Nc1cc(OC)cc(OC)c1. The van der Waals surface area contributed by atoms with Crippen LogP contribution < -0.4 is 14.8 Å². The van der Waals surface area contributed by atoms with Gasteiger partial charge < -0.3 is 29.0 Å². The molecule has 170 valence electrons. The topological polar surface area (TPSA) is 65.0 Å². The first-order valence-corrected chi connectivity index (χ1v) is 10.5. The summed E-state index contributed by atoms with van der Waals surface area (Å²) >= 11 is 0. The first-order chi connectivity index (χ1) is 15.5. The molecule has 0 saturated heterocycles. The van der Waals surface area contributed by atoms with E-state index in [1.807, 2.05) is 18.3 Å². The van der Waals surface area contributed by atoms with Crippen LogP contribution in [0.2, 0.25) is 0 Å². The van der Waals surface area contributed by atoms with Crippen molar-refractivity contribution in [2.24, 2.45) is 0 Å². The smallest absolute Gasteiger partial charge is 0.322 e. The number of anilines is 1. The van der Waals surface area contributed by atoms with Crippen molar-refractivity contribution in [1.82, 2.24) is 9.47 Å². The second-order valence-electron chi connectivity index (χ2n) is 7.56. The summed E-state index contributed by atoms with van der Waals surface area (Å²) < 4.78 is 18.0. The van der Waals surface area contributed by atoms with Crippen LogP contribution in [0.3, 0.4) is 0 Å². The predicted molar refractivity (Wildman–Crippen MR) is 126 cm³/mol. The Bertz CT molecular complexity index is 992. The molecule has 0 spiro atoms. The molecule has 0 unspecified atom stereocenters. The molecule has 1 N–H and O–H groups in total. The summed E-state index contributed by atoms with van der Waals surface area (Å²) in [6, 6.07) is 17.6. The van der Waals surface area contributed by atoms with Gasteiger partial charge in [-0.3, -0.25) is 0 Å². The van der Waals surface area contributed by atoms with Gasteiger partial charge in [-0.05, 0) is 24.6 Å². The van der Waals surface area contributed by atoms with Crippen molar-refractivity contribution in [1.29, 1.82) is 0 Å². The van der Waals surface area contributed by atoms with Gasteiger partial charge in [-0.1, -0.05) is 29.8 Å². The van der Waals surface area contributed by atoms with Crippen molar-refractivity contribution in [3.63, 3.8) is 0 Å². The lowest BCUT2D eigenvalue weighted by Crippen LogP contribution is -2.37. The largest absolute Gasteiger partial charge is 0.497 e. The fraction of sp³-hybridized carbons (Fsp3) is 0.320. The lowest BCUT2D eigenvalue weighted by atomic mass is 10.1. The van der Waals surface area contributed by atoms with Gasteiger partial charge in [0, 0.05) is 56.0 Å².